The van der Waals surface area contributed by atoms with E-state index in [1.54, 1.807) is 0 Å². The summed E-state index contributed by atoms with van der Waals surface area (Å²) in [6.45, 7) is 0. The number of para-hydroxylation sites is 1. The van der Waals surface area contributed by atoms with Gasteiger partial charge in [-0.15, -0.1) is 0 Å². The van der Waals surface area contributed by atoms with Crippen molar-refractivity contribution in [3.63, 3.8) is 0 Å². The molecule has 2 aromatic carbocycles. The normalized spacial score (nSPS) is 15.1. The lowest BCUT2D eigenvalue weighted by molar-refractivity contribution is 0.0998. The lowest BCUT2D eigenvalue weighted by Gasteiger charge is -2.20. The molecule has 0 aliphatic heterocycles. The van der Waals surface area contributed by atoms with Gasteiger partial charge in [-0.05, 0) is 37.1 Å². The van der Waals surface area contributed by atoms with E-state index in [-0.39, 0.29) is 10.9 Å². The van der Waals surface area contributed by atoms with E-state index in [9.17, 15) is 9.18 Å². The molecule has 1 aliphatic rings. The van der Waals surface area contributed by atoms with Gasteiger partial charge in [0.2, 0.25) is 0 Å². The minimum atomic E-state index is -0.520. The zero-order valence-electron chi connectivity index (χ0n) is 15.3. The van der Waals surface area contributed by atoms with E-state index in [1.165, 1.54) is 50.3 Å². The van der Waals surface area contributed by atoms with Gasteiger partial charge >= 0.3 is 0 Å². The highest BCUT2D eigenvalue weighted by molar-refractivity contribution is 7.99. The molecule has 1 saturated carbocycles. The average Bonchev–Trinajstić information content (AvgIpc) is 3.09. The Balaban J connectivity index is 1.59. The van der Waals surface area contributed by atoms with Gasteiger partial charge in [0.1, 0.15) is 11.4 Å². The fraction of sp³-hybridized carbons (Fsp3) is 0.318. The number of carbonyl (C=O) groups excluding carboxylic acids is 1. The summed E-state index contributed by atoms with van der Waals surface area (Å²) in [7, 11) is 0. The second-order valence-corrected chi connectivity index (χ2v) is 8.76. The molecule has 1 fully saturated rings. The molecule has 1 N–H and O–H groups in total. The van der Waals surface area contributed by atoms with Crippen molar-refractivity contribution in [2.75, 3.05) is 5.32 Å². The van der Waals surface area contributed by atoms with Gasteiger partial charge in [-0.25, -0.2) is 4.39 Å². The number of carbonyl (C=O) groups is 1. The molecule has 1 aliphatic carbocycles. The van der Waals surface area contributed by atoms with Crippen molar-refractivity contribution >= 4 is 45.9 Å². The number of halogens is 2. The van der Waals surface area contributed by atoms with Crippen molar-refractivity contribution in [2.24, 2.45) is 0 Å². The van der Waals surface area contributed by atoms with Crippen LogP contribution in [-0.2, 0) is 5.75 Å². The summed E-state index contributed by atoms with van der Waals surface area (Å²) < 4.78 is 19.3. The topological polar surface area (TPSA) is 42.2 Å². The molecule has 0 bridgehead atoms. The molecule has 1 amide bonds. The molecule has 1 heterocycles. The predicted octanol–water partition coefficient (Wildman–Crippen LogP) is 7.04. The number of hydrogen-bond acceptors (Lipinski definition) is 3. The fourth-order valence-electron chi connectivity index (χ4n) is 3.62. The highest BCUT2D eigenvalue weighted by Crippen LogP contribution is 2.35. The Morgan fingerprint density at radius 1 is 1.18 bits per heavy atom. The van der Waals surface area contributed by atoms with Gasteiger partial charge in [0, 0.05) is 27.6 Å². The summed E-state index contributed by atoms with van der Waals surface area (Å²) in [5.74, 6) is 0.172. The second kappa shape index (κ2) is 8.58. The quantitative estimate of drug-likeness (QED) is 0.483. The van der Waals surface area contributed by atoms with Crippen LogP contribution in [0.1, 0.15) is 48.2 Å². The van der Waals surface area contributed by atoms with Crippen molar-refractivity contribution in [3.05, 3.63) is 64.6 Å². The maximum Gasteiger partial charge on any atom is 0.291 e. The van der Waals surface area contributed by atoms with Crippen molar-refractivity contribution in [1.82, 2.24) is 0 Å². The van der Waals surface area contributed by atoms with E-state index >= 15 is 0 Å². The summed E-state index contributed by atoms with van der Waals surface area (Å²) in [6, 6.07) is 11.8. The molecule has 0 atom stereocenters. The largest absolute Gasteiger partial charge is 0.451 e. The predicted molar refractivity (Wildman–Crippen MR) is 114 cm³/mol. The van der Waals surface area contributed by atoms with E-state index in [2.05, 4.69) is 5.32 Å². The molecule has 146 valence electrons. The number of anilines is 1. The highest BCUT2D eigenvalue weighted by Gasteiger charge is 2.23. The Labute approximate surface area is 172 Å². The maximum absolute atomic E-state index is 13.4. The number of nitrogens with one attached hydrogen (secondary N) is 1. The zero-order valence-corrected chi connectivity index (χ0v) is 16.9. The van der Waals surface area contributed by atoms with Crippen molar-refractivity contribution < 1.29 is 13.6 Å². The zero-order chi connectivity index (χ0) is 19.5. The number of amides is 1. The molecule has 0 saturated heterocycles. The third kappa shape index (κ3) is 4.20. The molecule has 1 aromatic heterocycles. The highest BCUT2D eigenvalue weighted by atomic mass is 35.5. The van der Waals surface area contributed by atoms with E-state index in [0.717, 1.165) is 16.7 Å². The summed E-state index contributed by atoms with van der Waals surface area (Å²) in [5.41, 5.74) is 2.05. The van der Waals surface area contributed by atoms with E-state index in [4.69, 9.17) is 16.0 Å². The van der Waals surface area contributed by atoms with Crippen LogP contribution in [0.5, 0.6) is 0 Å². The van der Waals surface area contributed by atoms with Crippen LogP contribution in [0.25, 0.3) is 11.0 Å². The van der Waals surface area contributed by atoms with Crippen LogP contribution in [-0.4, -0.2) is 11.2 Å². The first kappa shape index (κ1) is 19.3. The number of benzene rings is 2. The van der Waals surface area contributed by atoms with E-state index in [1.807, 2.05) is 36.0 Å². The van der Waals surface area contributed by atoms with Crippen LogP contribution in [0, 0.1) is 5.82 Å². The molecular formula is C22H21ClFNO2S. The van der Waals surface area contributed by atoms with Crippen molar-refractivity contribution in [3.8, 4) is 0 Å². The third-order valence-electron chi connectivity index (χ3n) is 5.10. The van der Waals surface area contributed by atoms with Crippen molar-refractivity contribution in [2.45, 2.75) is 43.1 Å². The molecule has 4 rings (SSSR count). The van der Waals surface area contributed by atoms with E-state index in [0.29, 0.717) is 22.3 Å². The molecule has 28 heavy (non-hydrogen) atoms. The van der Waals surface area contributed by atoms with Crippen molar-refractivity contribution in [1.29, 1.82) is 0 Å². The monoisotopic (exact) mass is 417 g/mol. The second-order valence-electron chi connectivity index (χ2n) is 7.06. The Hall–Kier alpha value is -1.98. The molecule has 6 heteroatoms. The minimum absolute atomic E-state index is 0.0320. The van der Waals surface area contributed by atoms with Gasteiger partial charge in [0.05, 0.1) is 5.02 Å². The van der Waals surface area contributed by atoms with Crippen LogP contribution in [0.4, 0.5) is 10.1 Å². The molecule has 0 unspecified atom stereocenters. The summed E-state index contributed by atoms with van der Waals surface area (Å²) in [5, 5.41) is 4.34. The number of rotatable bonds is 5. The molecule has 0 radical (unpaired) electrons. The molecule has 3 nitrogen and oxygen atoms in total. The lowest BCUT2D eigenvalue weighted by atomic mass is 10.0. The average molecular weight is 418 g/mol. The summed E-state index contributed by atoms with van der Waals surface area (Å²) in [4.78, 5) is 12.9. The Morgan fingerprint density at radius 2 is 1.96 bits per heavy atom. The number of thioether (sulfide) groups is 1. The maximum atomic E-state index is 13.4. The van der Waals surface area contributed by atoms with Crippen LogP contribution >= 0.6 is 23.4 Å². The Kier molecular flexibility index (Phi) is 5.93. The Morgan fingerprint density at radius 3 is 2.75 bits per heavy atom. The number of fused-ring (bicyclic) bond motifs is 1. The standard InChI is InChI=1S/C22H21ClFNO2S/c23-18-12-14(10-11-19(18)24)25-22(26)21-17(13-28-15-6-2-1-3-7-15)16-8-4-5-9-20(16)27-21/h4-5,8-12,15H,1-3,6-7,13H2,(H,25,26). The SMILES string of the molecule is O=C(Nc1ccc(F)c(Cl)c1)c1oc2ccccc2c1CSC1CCCCC1. The number of hydrogen-bond donors (Lipinski definition) is 1. The van der Waals surface area contributed by atoms with Gasteiger partial charge in [0.15, 0.2) is 5.76 Å². The summed E-state index contributed by atoms with van der Waals surface area (Å²) in [6.07, 6.45) is 6.34. The molecule has 3 aromatic rings. The number of furan rings is 1. The smallest absolute Gasteiger partial charge is 0.291 e. The van der Waals surface area contributed by atoms with Crippen LogP contribution < -0.4 is 5.32 Å². The van der Waals surface area contributed by atoms with Gasteiger partial charge in [-0.1, -0.05) is 49.1 Å². The first-order valence-electron chi connectivity index (χ1n) is 9.50. The van der Waals surface area contributed by atoms with Crippen LogP contribution in [0.3, 0.4) is 0 Å². The molecular weight excluding hydrogens is 397 g/mol. The van der Waals surface area contributed by atoms with Crippen LogP contribution in [0.15, 0.2) is 46.9 Å². The molecule has 0 spiro atoms. The van der Waals surface area contributed by atoms with Crippen LogP contribution in [0.2, 0.25) is 5.02 Å². The summed E-state index contributed by atoms with van der Waals surface area (Å²) >= 11 is 7.72. The van der Waals surface area contributed by atoms with E-state index < -0.39 is 5.82 Å². The first-order valence-corrected chi connectivity index (χ1v) is 10.9. The fourth-order valence-corrected chi connectivity index (χ4v) is 5.16. The van der Waals surface area contributed by atoms with Gasteiger partial charge in [0.25, 0.3) is 5.91 Å². The first-order chi connectivity index (χ1) is 13.6. The van der Waals surface area contributed by atoms with Gasteiger partial charge in [-0.2, -0.15) is 11.8 Å². The minimum Gasteiger partial charge on any atom is -0.451 e. The Bertz CT molecular complexity index is 997. The van der Waals surface area contributed by atoms with Gasteiger partial charge < -0.3 is 9.73 Å². The van der Waals surface area contributed by atoms with Gasteiger partial charge in [-0.3, -0.25) is 4.79 Å². The lowest BCUT2D eigenvalue weighted by Crippen LogP contribution is -2.13. The third-order valence-corrected chi connectivity index (χ3v) is 6.79.